The van der Waals surface area contributed by atoms with Crippen LogP contribution in [0.2, 0.25) is 0 Å². The third-order valence-electron chi connectivity index (χ3n) is 1.82. The Bertz CT molecular complexity index is 430. The summed E-state index contributed by atoms with van der Waals surface area (Å²) in [5.41, 5.74) is 6.78. The summed E-state index contributed by atoms with van der Waals surface area (Å²) in [5.74, 6) is 0.149. The number of nitrogens with one attached hydrogen (secondary N) is 2. The van der Waals surface area contributed by atoms with Gasteiger partial charge in [0.2, 0.25) is 11.9 Å². The first-order chi connectivity index (χ1) is 6.75. The van der Waals surface area contributed by atoms with E-state index in [4.69, 9.17) is 5.73 Å². The van der Waals surface area contributed by atoms with Crippen LogP contribution in [0, 0.1) is 0 Å². The number of rotatable bonds is 3. The fourth-order valence-corrected chi connectivity index (χ4v) is 1.21. The average molecular weight is 190 g/mol. The summed E-state index contributed by atoms with van der Waals surface area (Å²) in [7, 11) is 0. The van der Waals surface area contributed by atoms with E-state index in [9.17, 15) is 4.79 Å². The molecular weight excluding hydrogens is 180 g/mol. The van der Waals surface area contributed by atoms with Crippen molar-refractivity contribution >= 4 is 22.9 Å². The number of aromatic nitrogens is 2. The highest BCUT2D eigenvalue weighted by Gasteiger charge is 2.01. The van der Waals surface area contributed by atoms with E-state index >= 15 is 0 Å². The van der Waals surface area contributed by atoms with Crippen molar-refractivity contribution < 1.29 is 4.79 Å². The number of nitrogens with zero attached hydrogens (tertiary/aromatic N) is 1. The van der Waals surface area contributed by atoms with Crippen LogP contribution in [-0.4, -0.2) is 22.4 Å². The number of carbonyl (C=O) groups excluding carboxylic acids is 1. The number of hydrogen-bond donors (Lipinski definition) is 3. The van der Waals surface area contributed by atoms with Gasteiger partial charge in [-0.1, -0.05) is 12.1 Å². The van der Waals surface area contributed by atoms with Crippen LogP contribution in [0.5, 0.6) is 0 Å². The van der Waals surface area contributed by atoms with Crippen LogP contribution in [0.25, 0.3) is 11.0 Å². The molecule has 5 nitrogen and oxygen atoms in total. The Labute approximate surface area is 80.3 Å². The number of imidazole rings is 1. The summed E-state index contributed by atoms with van der Waals surface area (Å²) in [6, 6.07) is 7.62. The Morgan fingerprint density at radius 3 is 3.00 bits per heavy atom. The minimum Gasteiger partial charge on any atom is -0.368 e. The van der Waals surface area contributed by atoms with Crippen molar-refractivity contribution in [1.29, 1.82) is 0 Å². The number of primary amides is 1. The number of H-pyrrole nitrogens is 1. The molecule has 0 unspecified atom stereocenters. The lowest BCUT2D eigenvalue weighted by Gasteiger charge is -1.96. The van der Waals surface area contributed by atoms with Gasteiger partial charge in [0.25, 0.3) is 0 Å². The van der Waals surface area contributed by atoms with Crippen LogP contribution in [-0.2, 0) is 4.79 Å². The second-order valence-electron chi connectivity index (χ2n) is 2.92. The quantitative estimate of drug-likeness (QED) is 0.657. The van der Waals surface area contributed by atoms with Crippen molar-refractivity contribution in [1.82, 2.24) is 9.97 Å². The molecular formula is C9H10N4O. The first-order valence-corrected chi connectivity index (χ1v) is 4.22. The summed E-state index contributed by atoms with van der Waals surface area (Å²) in [4.78, 5) is 17.7. The highest BCUT2D eigenvalue weighted by molar-refractivity contribution is 5.80. The number of aromatic amines is 1. The van der Waals surface area contributed by atoms with Gasteiger partial charge in [0.05, 0.1) is 17.6 Å². The lowest BCUT2D eigenvalue weighted by molar-refractivity contribution is -0.116. The summed E-state index contributed by atoms with van der Waals surface area (Å²) in [6.07, 6.45) is 0. The van der Waals surface area contributed by atoms with Crippen LogP contribution < -0.4 is 11.1 Å². The van der Waals surface area contributed by atoms with E-state index in [1.807, 2.05) is 24.3 Å². The monoisotopic (exact) mass is 190 g/mol. The molecule has 4 N–H and O–H groups in total. The summed E-state index contributed by atoms with van der Waals surface area (Å²) in [6.45, 7) is 0.0832. The first kappa shape index (κ1) is 8.55. The second-order valence-corrected chi connectivity index (χ2v) is 2.92. The van der Waals surface area contributed by atoms with Crippen LogP contribution >= 0.6 is 0 Å². The van der Waals surface area contributed by atoms with Crippen molar-refractivity contribution in [2.75, 3.05) is 11.9 Å². The number of benzene rings is 1. The number of anilines is 1. The maximum absolute atomic E-state index is 10.5. The van der Waals surface area contributed by atoms with Gasteiger partial charge in [-0.2, -0.15) is 0 Å². The van der Waals surface area contributed by atoms with Crippen LogP contribution in [0.3, 0.4) is 0 Å². The molecule has 0 radical (unpaired) electrons. The molecule has 1 aromatic heterocycles. The normalized spacial score (nSPS) is 10.3. The van der Waals surface area contributed by atoms with E-state index in [0.29, 0.717) is 5.95 Å². The molecule has 0 atom stereocenters. The third-order valence-corrected chi connectivity index (χ3v) is 1.82. The molecule has 5 heteroatoms. The molecule has 72 valence electrons. The zero-order chi connectivity index (χ0) is 9.97. The number of carbonyl (C=O) groups is 1. The largest absolute Gasteiger partial charge is 0.368 e. The van der Waals surface area contributed by atoms with E-state index in [2.05, 4.69) is 15.3 Å². The van der Waals surface area contributed by atoms with Crippen LogP contribution in [0.1, 0.15) is 0 Å². The second kappa shape index (κ2) is 3.37. The molecule has 0 fully saturated rings. The smallest absolute Gasteiger partial charge is 0.236 e. The minimum absolute atomic E-state index is 0.0832. The van der Waals surface area contributed by atoms with E-state index in [1.165, 1.54) is 0 Å². The molecule has 1 amide bonds. The predicted octanol–water partition coefficient (Wildman–Crippen LogP) is 0.460. The molecule has 0 aliphatic rings. The average Bonchev–Trinajstić information content (AvgIpc) is 2.57. The molecule has 2 aromatic rings. The lowest BCUT2D eigenvalue weighted by atomic mass is 10.3. The van der Waals surface area contributed by atoms with Gasteiger partial charge in [-0.3, -0.25) is 4.79 Å². The zero-order valence-electron chi connectivity index (χ0n) is 7.45. The Morgan fingerprint density at radius 2 is 2.29 bits per heavy atom. The molecule has 1 heterocycles. The van der Waals surface area contributed by atoms with Crippen molar-refractivity contribution in [3.8, 4) is 0 Å². The zero-order valence-corrected chi connectivity index (χ0v) is 7.45. The molecule has 0 saturated carbocycles. The Morgan fingerprint density at radius 1 is 1.50 bits per heavy atom. The van der Waals surface area contributed by atoms with Crippen molar-refractivity contribution in [2.24, 2.45) is 5.73 Å². The van der Waals surface area contributed by atoms with E-state index < -0.39 is 5.91 Å². The third kappa shape index (κ3) is 1.66. The van der Waals surface area contributed by atoms with Gasteiger partial charge in [-0.25, -0.2) is 4.98 Å². The number of hydrogen-bond acceptors (Lipinski definition) is 3. The van der Waals surface area contributed by atoms with Crippen molar-refractivity contribution in [3.05, 3.63) is 24.3 Å². The molecule has 0 aliphatic heterocycles. The molecule has 0 saturated heterocycles. The maximum atomic E-state index is 10.5. The van der Waals surface area contributed by atoms with E-state index in [-0.39, 0.29) is 6.54 Å². The topological polar surface area (TPSA) is 83.8 Å². The number of fused-ring (bicyclic) bond motifs is 1. The van der Waals surface area contributed by atoms with E-state index in [1.54, 1.807) is 0 Å². The summed E-state index contributed by atoms with van der Waals surface area (Å²) in [5, 5.41) is 2.79. The van der Waals surface area contributed by atoms with Gasteiger partial charge in [0, 0.05) is 0 Å². The van der Waals surface area contributed by atoms with Gasteiger partial charge in [-0.05, 0) is 12.1 Å². The van der Waals surface area contributed by atoms with Gasteiger partial charge >= 0.3 is 0 Å². The molecule has 0 spiro atoms. The Kier molecular flexibility index (Phi) is 2.06. The highest BCUT2D eigenvalue weighted by Crippen LogP contribution is 2.12. The fraction of sp³-hybridized carbons (Fsp3) is 0.111. The van der Waals surface area contributed by atoms with E-state index in [0.717, 1.165) is 11.0 Å². The lowest BCUT2D eigenvalue weighted by Crippen LogP contribution is -2.22. The van der Waals surface area contributed by atoms with Gasteiger partial charge < -0.3 is 16.0 Å². The molecule has 0 bridgehead atoms. The standard InChI is InChI=1S/C9H10N4O/c10-8(14)5-11-9-12-6-3-1-2-4-7(6)13-9/h1-4H,5H2,(H2,10,14)(H2,11,12,13). The van der Waals surface area contributed by atoms with Gasteiger partial charge in [0.15, 0.2) is 0 Å². The fourth-order valence-electron chi connectivity index (χ4n) is 1.21. The maximum Gasteiger partial charge on any atom is 0.236 e. The Balaban J connectivity index is 2.22. The molecule has 2 rings (SSSR count). The van der Waals surface area contributed by atoms with Crippen LogP contribution in [0.4, 0.5) is 5.95 Å². The van der Waals surface area contributed by atoms with Crippen LogP contribution in [0.15, 0.2) is 24.3 Å². The number of amides is 1. The Hall–Kier alpha value is -2.04. The summed E-state index contributed by atoms with van der Waals surface area (Å²) < 4.78 is 0. The molecule has 1 aromatic carbocycles. The first-order valence-electron chi connectivity index (χ1n) is 4.22. The molecule has 0 aliphatic carbocycles. The molecule has 14 heavy (non-hydrogen) atoms. The minimum atomic E-state index is -0.412. The highest BCUT2D eigenvalue weighted by atomic mass is 16.1. The summed E-state index contributed by atoms with van der Waals surface area (Å²) >= 11 is 0. The predicted molar refractivity (Wildman–Crippen MR) is 53.8 cm³/mol. The SMILES string of the molecule is NC(=O)CNc1nc2ccccc2[nH]1. The van der Waals surface area contributed by atoms with Crippen molar-refractivity contribution in [3.63, 3.8) is 0 Å². The number of nitrogens with two attached hydrogens (primary N) is 1. The van der Waals surface area contributed by atoms with Gasteiger partial charge in [0.1, 0.15) is 0 Å². The van der Waals surface area contributed by atoms with Gasteiger partial charge in [-0.15, -0.1) is 0 Å². The van der Waals surface area contributed by atoms with Crippen molar-refractivity contribution in [2.45, 2.75) is 0 Å². The number of para-hydroxylation sites is 2.